The minimum atomic E-state index is -0.376. The van der Waals surface area contributed by atoms with E-state index in [9.17, 15) is 14.9 Å². The van der Waals surface area contributed by atoms with Crippen LogP contribution < -0.4 is 0 Å². The van der Waals surface area contributed by atoms with Crippen LogP contribution in [-0.4, -0.2) is 45.6 Å². The SMILES string of the molecule is C[C@@H]1CN(C(=O)Cn2cc(SCc3cccc([N+](=O)[O-])c3)c3ccccc32)C[C@@H](C)O1. The molecule has 1 aliphatic heterocycles. The number of carbonyl (C=O) groups is 1. The summed E-state index contributed by atoms with van der Waals surface area (Å²) in [4.78, 5) is 26.6. The van der Waals surface area contributed by atoms with Crippen molar-refractivity contribution in [3.05, 3.63) is 70.4 Å². The molecule has 1 aromatic heterocycles. The molecule has 31 heavy (non-hydrogen) atoms. The summed E-state index contributed by atoms with van der Waals surface area (Å²) in [6.45, 7) is 5.47. The van der Waals surface area contributed by atoms with Crippen molar-refractivity contribution >= 4 is 34.3 Å². The number of non-ortho nitro benzene ring substituents is 1. The number of thioether (sulfide) groups is 1. The molecule has 3 aromatic rings. The first-order valence-electron chi connectivity index (χ1n) is 10.3. The van der Waals surface area contributed by atoms with Crippen LogP contribution in [0.25, 0.3) is 10.9 Å². The van der Waals surface area contributed by atoms with Gasteiger partial charge >= 0.3 is 0 Å². The normalized spacial score (nSPS) is 19.0. The van der Waals surface area contributed by atoms with E-state index in [2.05, 4.69) is 0 Å². The summed E-state index contributed by atoms with van der Waals surface area (Å²) in [5.74, 6) is 0.695. The van der Waals surface area contributed by atoms with Crippen LogP contribution in [0.2, 0.25) is 0 Å². The second-order valence-corrected chi connectivity index (χ2v) is 8.93. The smallest absolute Gasteiger partial charge is 0.269 e. The molecule has 7 nitrogen and oxygen atoms in total. The molecule has 2 aromatic carbocycles. The number of nitrogens with zero attached hydrogens (tertiary/aromatic N) is 3. The molecule has 1 aliphatic rings. The molecule has 2 heterocycles. The summed E-state index contributed by atoms with van der Waals surface area (Å²) in [6, 6.07) is 14.7. The zero-order chi connectivity index (χ0) is 22.0. The molecule has 0 spiro atoms. The molecule has 1 fully saturated rings. The number of ether oxygens (including phenoxy) is 1. The summed E-state index contributed by atoms with van der Waals surface area (Å²) in [5, 5.41) is 12.1. The highest BCUT2D eigenvalue weighted by Crippen LogP contribution is 2.33. The third kappa shape index (κ3) is 4.91. The monoisotopic (exact) mass is 439 g/mol. The van der Waals surface area contributed by atoms with Crippen molar-refractivity contribution in [1.82, 2.24) is 9.47 Å². The number of carbonyl (C=O) groups excluding carboxylic acids is 1. The van der Waals surface area contributed by atoms with Crippen LogP contribution in [0.4, 0.5) is 5.69 Å². The van der Waals surface area contributed by atoms with E-state index in [1.807, 2.05) is 59.8 Å². The van der Waals surface area contributed by atoms with Gasteiger partial charge in [0.2, 0.25) is 5.91 Å². The van der Waals surface area contributed by atoms with Crippen molar-refractivity contribution in [2.75, 3.05) is 13.1 Å². The van der Waals surface area contributed by atoms with Crippen LogP contribution >= 0.6 is 11.8 Å². The van der Waals surface area contributed by atoms with Crippen LogP contribution in [0.1, 0.15) is 19.4 Å². The Morgan fingerprint density at radius 1 is 1.16 bits per heavy atom. The lowest BCUT2D eigenvalue weighted by atomic mass is 10.2. The molecular weight excluding hydrogens is 414 g/mol. The van der Waals surface area contributed by atoms with Crippen LogP contribution in [0.3, 0.4) is 0 Å². The lowest BCUT2D eigenvalue weighted by Crippen LogP contribution is -2.49. The van der Waals surface area contributed by atoms with Gasteiger partial charge in [0.25, 0.3) is 5.69 Å². The number of hydrogen-bond acceptors (Lipinski definition) is 5. The van der Waals surface area contributed by atoms with Crippen molar-refractivity contribution in [3.63, 3.8) is 0 Å². The number of fused-ring (bicyclic) bond motifs is 1. The van der Waals surface area contributed by atoms with Crippen molar-refractivity contribution < 1.29 is 14.5 Å². The fourth-order valence-corrected chi connectivity index (χ4v) is 5.04. The van der Waals surface area contributed by atoms with E-state index < -0.39 is 0 Å². The van der Waals surface area contributed by atoms with Gasteiger partial charge in [0.15, 0.2) is 0 Å². The summed E-state index contributed by atoms with van der Waals surface area (Å²) in [6.07, 6.45) is 2.09. The van der Waals surface area contributed by atoms with E-state index in [0.29, 0.717) is 18.8 Å². The van der Waals surface area contributed by atoms with Crippen LogP contribution in [0.5, 0.6) is 0 Å². The van der Waals surface area contributed by atoms with Gasteiger partial charge in [0.05, 0.1) is 17.1 Å². The minimum Gasteiger partial charge on any atom is -0.372 e. The Kier molecular flexibility index (Phi) is 6.29. The molecule has 8 heteroatoms. The van der Waals surface area contributed by atoms with E-state index in [0.717, 1.165) is 21.4 Å². The largest absolute Gasteiger partial charge is 0.372 e. The van der Waals surface area contributed by atoms with Gasteiger partial charge in [0.1, 0.15) is 6.54 Å². The van der Waals surface area contributed by atoms with Gasteiger partial charge < -0.3 is 14.2 Å². The Morgan fingerprint density at radius 3 is 2.65 bits per heavy atom. The number of benzene rings is 2. The standard InChI is InChI=1S/C23H25N3O4S/c1-16-11-25(12-17(2)30-16)23(27)14-24-13-22(20-8-3-4-9-21(20)24)31-15-18-6-5-7-19(10-18)26(28)29/h3-10,13,16-17H,11-12,14-15H2,1-2H3/t16-,17-/m1/s1. The van der Waals surface area contributed by atoms with Gasteiger partial charge in [-0.2, -0.15) is 0 Å². The molecule has 0 saturated carbocycles. The van der Waals surface area contributed by atoms with E-state index in [1.165, 1.54) is 6.07 Å². The molecule has 162 valence electrons. The summed E-state index contributed by atoms with van der Waals surface area (Å²) in [7, 11) is 0. The van der Waals surface area contributed by atoms with Crippen LogP contribution in [0.15, 0.2) is 59.6 Å². The highest BCUT2D eigenvalue weighted by atomic mass is 32.2. The van der Waals surface area contributed by atoms with Crippen molar-refractivity contribution in [1.29, 1.82) is 0 Å². The number of hydrogen-bond donors (Lipinski definition) is 0. The van der Waals surface area contributed by atoms with Gasteiger partial charge in [-0.15, -0.1) is 11.8 Å². The lowest BCUT2D eigenvalue weighted by Gasteiger charge is -2.35. The van der Waals surface area contributed by atoms with Gasteiger partial charge in [0, 0.05) is 53.0 Å². The van der Waals surface area contributed by atoms with E-state index in [1.54, 1.807) is 23.9 Å². The first kappa shape index (κ1) is 21.4. The lowest BCUT2D eigenvalue weighted by molar-refractivity contribution is -0.384. The second kappa shape index (κ2) is 9.11. The summed E-state index contributed by atoms with van der Waals surface area (Å²) < 4.78 is 7.74. The van der Waals surface area contributed by atoms with Crippen molar-refractivity contribution in [3.8, 4) is 0 Å². The predicted molar refractivity (Wildman–Crippen MR) is 121 cm³/mol. The van der Waals surface area contributed by atoms with E-state index in [-0.39, 0.29) is 35.3 Å². The Morgan fingerprint density at radius 2 is 1.90 bits per heavy atom. The number of aromatic nitrogens is 1. The third-order valence-corrected chi connectivity index (χ3v) is 6.46. The molecule has 2 atom stereocenters. The third-order valence-electron chi connectivity index (χ3n) is 5.35. The fourth-order valence-electron chi connectivity index (χ4n) is 4.01. The van der Waals surface area contributed by atoms with Gasteiger partial charge in [-0.05, 0) is 25.5 Å². The van der Waals surface area contributed by atoms with Crippen LogP contribution in [0, 0.1) is 10.1 Å². The number of rotatable bonds is 6. The Bertz CT molecular complexity index is 1100. The Balaban J connectivity index is 1.53. The molecule has 0 radical (unpaired) electrons. The first-order valence-corrected chi connectivity index (χ1v) is 11.3. The summed E-state index contributed by atoms with van der Waals surface area (Å²) in [5.41, 5.74) is 2.00. The Hall–Kier alpha value is -2.84. The second-order valence-electron chi connectivity index (χ2n) is 7.91. The molecule has 1 amide bonds. The molecule has 0 N–H and O–H groups in total. The maximum Gasteiger partial charge on any atom is 0.269 e. The van der Waals surface area contributed by atoms with Gasteiger partial charge in [-0.25, -0.2) is 0 Å². The van der Waals surface area contributed by atoms with E-state index >= 15 is 0 Å². The zero-order valence-corrected chi connectivity index (χ0v) is 18.4. The molecule has 1 saturated heterocycles. The zero-order valence-electron chi connectivity index (χ0n) is 17.6. The Labute approximate surface area is 185 Å². The number of nitro groups is 1. The van der Waals surface area contributed by atoms with Gasteiger partial charge in [-0.3, -0.25) is 14.9 Å². The van der Waals surface area contributed by atoms with Crippen molar-refractivity contribution in [2.45, 2.75) is 43.2 Å². The number of nitro benzene ring substituents is 1. The van der Waals surface area contributed by atoms with Gasteiger partial charge in [-0.1, -0.05) is 30.3 Å². The molecule has 0 unspecified atom stereocenters. The first-order chi connectivity index (χ1) is 14.9. The van der Waals surface area contributed by atoms with Crippen LogP contribution in [-0.2, 0) is 21.8 Å². The molecular formula is C23H25N3O4S. The highest BCUT2D eigenvalue weighted by Gasteiger charge is 2.26. The highest BCUT2D eigenvalue weighted by molar-refractivity contribution is 7.98. The summed E-state index contributed by atoms with van der Waals surface area (Å²) >= 11 is 1.62. The maximum absolute atomic E-state index is 13.0. The number of para-hydroxylation sites is 1. The quantitative estimate of drug-likeness (QED) is 0.322. The fraction of sp³-hybridized carbons (Fsp3) is 0.348. The minimum absolute atomic E-state index is 0.0372. The topological polar surface area (TPSA) is 77.6 Å². The number of morpholine rings is 1. The van der Waals surface area contributed by atoms with Crippen molar-refractivity contribution in [2.24, 2.45) is 0 Å². The average Bonchev–Trinajstić information content (AvgIpc) is 3.09. The molecule has 4 rings (SSSR count). The molecule has 0 bridgehead atoms. The average molecular weight is 440 g/mol. The van der Waals surface area contributed by atoms with E-state index in [4.69, 9.17) is 4.74 Å². The maximum atomic E-state index is 13.0. The molecule has 0 aliphatic carbocycles. The number of amides is 1. The predicted octanol–water partition coefficient (Wildman–Crippen LogP) is 4.48.